The van der Waals surface area contributed by atoms with Gasteiger partial charge in [-0.05, 0) is 24.3 Å². The highest BCUT2D eigenvalue weighted by Crippen LogP contribution is 2.32. The van der Waals surface area contributed by atoms with E-state index in [1.807, 2.05) is 0 Å². The summed E-state index contributed by atoms with van der Waals surface area (Å²) < 4.78 is 65.3. The molecule has 1 saturated heterocycles. The highest BCUT2D eigenvalue weighted by Gasteiger charge is 2.34. The molecule has 1 aliphatic heterocycles. The van der Waals surface area contributed by atoms with Gasteiger partial charge in [-0.2, -0.15) is 17.5 Å². The number of carbonyl (C=O) groups excluding carboxylic acids is 1. The molecule has 0 aliphatic carbocycles. The van der Waals surface area contributed by atoms with Gasteiger partial charge in [0.2, 0.25) is 15.9 Å². The van der Waals surface area contributed by atoms with Gasteiger partial charge in [0.25, 0.3) is 0 Å². The van der Waals surface area contributed by atoms with Crippen LogP contribution in [0.1, 0.15) is 15.9 Å². The van der Waals surface area contributed by atoms with E-state index in [9.17, 15) is 26.4 Å². The Morgan fingerprint density at radius 3 is 2.34 bits per heavy atom. The number of pyridine rings is 1. The van der Waals surface area contributed by atoms with Crippen molar-refractivity contribution in [2.24, 2.45) is 5.73 Å². The van der Waals surface area contributed by atoms with Crippen molar-refractivity contribution < 1.29 is 26.4 Å². The van der Waals surface area contributed by atoms with Gasteiger partial charge >= 0.3 is 6.18 Å². The fourth-order valence-electron chi connectivity index (χ4n) is 2.92. The third-order valence-electron chi connectivity index (χ3n) is 4.44. The Labute approximate surface area is 169 Å². The third-order valence-corrected chi connectivity index (χ3v) is 6.62. The Balaban J connectivity index is 1.76. The summed E-state index contributed by atoms with van der Waals surface area (Å²) in [5, 5.41) is 0.190. The van der Waals surface area contributed by atoms with E-state index in [-0.39, 0.29) is 36.8 Å². The summed E-state index contributed by atoms with van der Waals surface area (Å²) in [5.41, 5.74) is 4.29. The fraction of sp³-hybridized carbons (Fsp3) is 0.294. The van der Waals surface area contributed by atoms with Crippen LogP contribution in [0.25, 0.3) is 0 Å². The second-order valence-corrected chi connectivity index (χ2v) is 8.66. The average molecular weight is 449 g/mol. The van der Waals surface area contributed by atoms with Crippen LogP contribution in [0.5, 0.6) is 0 Å². The number of hydrogen-bond donors (Lipinski definition) is 1. The van der Waals surface area contributed by atoms with Crippen LogP contribution in [0.15, 0.2) is 41.4 Å². The minimum absolute atomic E-state index is 0.0359. The smallest absolute Gasteiger partial charge is 0.366 e. The topological polar surface area (TPSA) is 96.6 Å². The molecule has 0 atom stereocenters. The molecule has 12 heteroatoms. The second kappa shape index (κ2) is 7.81. The maximum atomic E-state index is 12.9. The molecule has 29 heavy (non-hydrogen) atoms. The van der Waals surface area contributed by atoms with Crippen LogP contribution < -0.4 is 10.6 Å². The van der Waals surface area contributed by atoms with Crippen molar-refractivity contribution in [3.05, 3.63) is 52.7 Å². The first-order chi connectivity index (χ1) is 13.5. The summed E-state index contributed by atoms with van der Waals surface area (Å²) >= 11 is 6.14. The number of benzene rings is 1. The lowest BCUT2D eigenvalue weighted by Gasteiger charge is -2.35. The molecule has 1 aromatic carbocycles. The van der Waals surface area contributed by atoms with Crippen LogP contribution in [0, 0.1) is 0 Å². The average Bonchev–Trinajstić information content (AvgIpc) is 2.67. The number of carbonyl (C=O) groups is 1. The van der Waals surface area contributed by atoms with E-state index in [1.54, 1.807) is 4.90 Å². The minimum atomic E-state index is -4.64. The lowest BCUT2D eigenvalue weighted by Crippen LogP contribution is -2.49. The van der Waals surface area contributed by atoms with E-state index >= 15 is 0 Å². The zero-order chi connectivity index (χ0) is 21.4. The number of amides is 1. The van der Waals surface area contributed by atoms with Gasteiger partial charge in [0, 0.05) is 32.4 Å². The van der Waals surface area contributed by atoms with E-state index in [4.69, 9.17) is 17.3 Å². The summed E-state index contributed by atoms with van der Waals surface area (Å²) in [6, 6.07) is 5.02. The van der Waals surface area contributed by atoms with E-state index in [2.05, 4.69) is 4.98 Å². The van der Waals surface area contributed by atoms with Gasteiger partial charge in [0.15, 0.2) is 0 Å². The Hall–Kier alpha value is -2.37. The molecule has 0 spiro atoms. The van der Waals surface area contributed by atoms with Gasteiger partial charge in [-0.3, -0.25) is 4.79 Å². The van der Waals surface area contributed by atoms with Crippen molar-refractivity contribution in [1.29, 1.82) is 0 Å². The molecule has 7 nitrogen and oxygen atoms in total. The van der Waals surface area contributed by atoms with Crippen molar-refractivity contribution in [1.82, 2.24) is 9.29 Å². The van der Waals surface area contributed by atoms with E-state index < -0.39 is 32.6 Å². The maximum absolute atomic E-state index is 12.9. The summed E-state index contributed by atoms with van der Waals surface area (Å²) in [4.78, 5) is 16.6. The van der Waals surface area contributed by atoms with Gasteiger partial charge in [-0.25, -0.2) is 13.4 Å². The number of alkyl halides is 3. The number of halogens is 4. The number of primary amides is 1. The van der Waals surface area contributed by atoms with Crippen LogP contribution in [0.3, 0.4) is 0 Å². The fourth-order valence-corrected chi connectivity index (χ4v) is 4.67. The number of nitrogens with zero attached hydrogens (tertiary/aromatic N) is 3. The minimum Gasteiger partial charge on any atom is -0.366 e. The van der Waals surface area contributed by atoms with Crippen molar-refractivity contribution in [3.8, 4) is 0 Å². The Morgan fingerprint density at radius 1 is 1.14 bits per heavy atom. The first-order valence-electron chi connectivity index (χ1n) is 8.38. The zero-order valence-electron chi connectivity index (χ0n) is 14.9. The van der Waals surface area contributed by atoms with Gasteiger partial charge in [0.05, 0.1) is 21.0 Å². The molecule has 0 saturated carbocycles. The normalized spacial score (nSPS) is 16.1. The zero-order valence-corrected chi connectivity index (χ0v) is 16.4. The molecule has 2 aromatic rings. The Kier molecular flexibility index (Phi) is 5.74. The molecule has 2 N–H and O–H groups in total. The van der Waals surface area contributed by atoms with E-state index in [0.717, 1.165) is 22.5 Å². The standard InChI is InChI=1S/C17H16ClF3N4O3S/c18-14-8-11(15(22)26)10-23-16(14)24-4-6-25(7-5-24)29(27,28)13-3-1-2-12(9-13)17(19,20)21/h1-3,8-10H,4-7H2,(H2,22,26). The molecule has 1 amide bonds. The van der Waals surface area contributed by atoms with E-state index in [0.29, 0.717) is 11.9 Å². The molecule has 0 radical (unpaired) electrons. The molecule has 1 aromatic heterocycles. The molecular weight excluding hydrogens is 433 g/mol. The molecule has 1 aliphatic rings. The van der Waals surface area contributed by atoms with Crippen LogP contribution in [0.4, 0.5) is 19.0 Å². The van der Waals surface area contributed by atoms with Gasteiger partial charge < -0.3 is 10.6 Å². The number of anilines is 1. The number of aromatic nitrogens is 1. The van der Waals surface area contributed by atoms with Crippen molar-refractivity contribution in [2.45, 2.75) is 11.1 Å². The lowest BCUT2D eigenvalue weighted by atomic mass is 10.2. The van der Waals surface area contributed by atoms with Crippen LogP contribution in [-0.2, 0) is 16.2 Å². The van der Waals surface area contributed by atoms with Crippen molar-refractivity contribution >= 4 is 33.3 Å². The second-order valence-electron chi connectivity index (χ2n) is 6.31. The Bertz CT molecular complexity index is 1040. The summed E-state index contributed by atoms with van der Waals surface area (Å²) in [7, 11) is -4.09. The molecular formula is C17H16ClF3N4O3S. The Morgan fingerprint density at radius 2 is 1.79 bits per heavy atom. The van der Waals surface area contributed by atoms with Crippen LogP contribution in [0.2, 0.25) is 5.02 Å². The number of sulfonamides is 1. The molecule has 2 heterocycles. The molecule has 156 valence electrons. The van der Waals surface area contributed by atoms with E-state index in [1.165, 1.54) is 12.3 Å². The van der Waals surface area contributed by atoms with Gasteiger partial charge in [-0.1, -0.05) is 17.7 Å². The number of hydrogen-bond acceptors (Lipinski definition) is 5. The number of nitrogens with two attached hydrogens (primary N) is 1. The molecule has 3 rings (SSSR count). The summed E-state index contributed by atoms with van der Waals surface area (Å²) in [6.45, 7) is 0.518. The third kappa shape index (κ3) is 4.46. The first kappa shape index (κ1) is 21.3. The maximum Gasteiger partial charge on any atom is 0.416 e. The quantitative estimate of drug-likeness (QED) is 0.774. The summed E-state index contributed by atoms with van der Waals surface area (Å²) in [6.07, 6.45) is -3.36. The molecule has 1 fully saturated rings. The monoisotopic (exact) mass is 448 g/mol. The van der Waals surface area contributed by atoms with Crippen molar-refractivity contribution in [3.63, 3.8) is 0 Å². The SMILES string of the molecule is NC(=O)c1cnc(N2CCN(S(=O)(=O)c3cccc(C(F)(F)F)c3)CC2)c(Cl)c1. The predicted molar refractivity (Wildman–Crippen MR) is 100 cm³/mol. The lowest BCUT2D eigenvalue weighted by molar-refractivity contribution is -0.137. The first-order valence-corrected chi connectivity index (χ1v) is 10.2. The van der Waals surface area contributed by atoms with Crippen LogP contribution >= 0.6 is 11.6 Å². The van der Waals surface area contributed by atoms with Gasteiger partial charge in [0.1, 0.15) is 5.82 Å². The number of rotatable bonds is 4. The van der Waals surface area contributed by atoms with Crippen molar-refractivity contribution in [2.75, 3.05) is 31.1 Å². The highest BCUT2D eigenvalue weighted by molar-refractivity contribution is 7.89. The van der Waals surface area contributed by atoms with Gasteiger partial charge in [-0.15, -0.1) is 0 Å². The highest BCUT2D eigenvalue weighted by atomic mass is 35.5. The predicted octanol–water partition coefficient (Wildman–Crippen LogP) is 2.36. The van der Waals surface area contributed by atoms with Crippen LogP contribution in [-0.4, -0.2) is 49.8 Å². The molecule has 0 bridgehead atoms. The molecule has 0 unspecified atom stereocenters. The summed E-state index contributed by atoms with van der Waals surface area (Å²) in [5.74, 6) is -0.310. The largest absolute Gasteiger partial charge is 0.416 e. The number of piperazine rings is 1.